The second-order valence-corrected chi connectivity index (χ2v) is 10.2. The lowest BCUT2D eigenvalue weighted by atomic mass is 10.2. The van der Waals surface area contributed by atoms with Gasteiger partial charge in [0, 0.05) is 25.2 Å². The van der Waals surface area contributed by atoms with Gasteiger partial charge in [0.05, 0.1) is 15.1 Å². The van der Waals surface area contributed by atoms with Gasteiger partial charge in [-0.05, 0) is 49.2 Å². The van der Waals surface area contributed by atoms with E-state index in [1.54, 1.807) is 12.1 Å². The number of nitrogens with zero attached hydrogens (tertiary/aromatic N) is 3. The Labute approximate surface area is 187 Å². The number of rotatable bonds is 9. The molecule has 0 aliphatic carbocycles. The number of hydrogen-bond acceptors (Lipinski definition) is 4. The Morgan fingerprint density at radius 1 is 1.03 bits per heavy atom. The Morgan fingerprint density at radius 3 is 2.39 bits per heavy atom. The van der Waals surface area contributed by atoms with Gasteiger partial charge in [-0.25, -0.2) is 8.42 Å². The highest BCUT2D eigenvalue weighted by molar-refractivity contribution is 7.89. The van der Waals surface area contributed by atoms with Crippen molar-refractivity contribution in [3.8, 4) is 0 Å². The standard InChI is InChI=1S/C23H29N3O3S2/c1-4-7-17-25(6-3)31(28,29)19-14-12-18(13-15-19)22(27)24-23-26(16-5-2)20-10-8-9-11-21(20)30-23/h8-15H,4-7,16-17H2,1-3H3. The summed E-state index contributed by atoms with van der Waals surface area (Å²) in [7, 11) is -3.57. The number of hydrogen-bond donors (Lipinski definition) is 0. The molecule has 0 unspecified atom stereocenters. The third-order valence-corrected chi connectivity index (χ3v) is 8.13. The van der Waals surface area contributed by atoms with Gasteiger partial charge >= 0.3 is 0 Å². The fourth-order valence-corrected chi connectivity index (χ4v) is 5.94. The molecule has 0 bridgehead atoms. The van der Waals surface area contributed by atoms with E-state index in [2.05, 4.69) is 16.5 Å². The molecular formula is C23H29N3O3S2. The predicted molar refractivity (Wildman–Crippen MR) is 126 cm³/mol. The van der Waals surface area contributed by atoms with Gasteiger partial charge in [0.15, 0.2) is 4.80 Å². The number of carbonyl (C=O) groups excluding carboxylic acids is 1. The van der Waals surface area contributed by atoms with Crippen LogP contribution in [0.4, 0.5) is 0 Å². The summed E-state index contributed by atoms with van der Waals surface area (Å²) in [6.45, 7) is 7.64. The van der Waals surface area contributed by atoms with Crippen molar-refractivity contribution in [3.63, 3.8) is 0 Å². The van der Waals surface area contributed by atoms with Gasteiger partial charge in [-0.2, -0.15) is 9.30 Å². The molecule has 0 aliphatic rings. The first kappa shape index (κ1) is 23.4. The van der Waals surface area contributed by atoms with Gasteiger partial charge in [-0.3, -0.25) is 4.79 Å². The largest absolute Gasteiger partial charge is 0.316 e. The number of unbranched alkanes of at least 4 members (excludes halogenated alkanes) is 1. The molecule has 2 aromatic carbocycles. The van der Waals surface area contributed by atoms with E-state index in [1.807, 2.05) is 38.1 Å². The van der Waals surface area contributed by atoms with E-state index in [1.165, 1.54) is 27.8 Å². The molecule has 166 valence electrons. The Kier molecular flexibility index (Phi) is 7.80. The van der Waals surface area contributed by atoms with Crippen molar-refractivity contribution < 1.29 is 13.2 Å². The second-order valence-electron chi connectivity index (χ2n) is 7.30. The van der Waals surface area contributed by atoms with Crippen molar-refractivity contribution in [1.29, 1.82) is 0 Å². The number of benzene rings is 2. The Morgan fingerprint density at radius 2 is 1.74 bits per heavy atom. The molecule has 31 heavy (non-hydrogen) atoms. The predicted octanol–water partition coefficient (Wildman–Crippen LogP) is 4.66. The minimum Gasteiger partial charge on any atom is -0.316 e. The van der Waals surface area contributed by atoms with Crippen LogP contribution < -0.4 is 4.80 Å². The van der Waals surface area contributed by atoms with Crippen LogP contribution in [-0.4, -0.2) is 36.3 Å². The first-order valence-electron chi connectivity index (χ1n) is 10.7. The van der Waals surface area contributed by atoms with Crippen LogP contribution in [0.15, 0.2) is 58.4 Å². The summed E-state index contributed by atoms with van der Waals surface area (Å²) < 4.78 is 30.4. The average Bonchev–Trinajstić information content (AvgIpc) is 3.11. The maximum atomic E-state index is 12.9. The molecule has 3 rings (SSSR count). The number of carbonyl (C=O) groups is 1. The lowest BCUT2D eigenvalue weighted by molar-refractivity contribution is 0.0997. The molecule has 0 fully saturated rings. The molecule has 0 aliphatic heterocycles. The van der Waals surface area contributed by atoms with Crippen molar-refractivity contribution in [2.45, 2.75) is 51.5 Å². The summed E-state index contributed by atoms with van der Waals surface area (Å²) in [5, 5.41) is 0. The molecule has 0 saturated carbocycles. The summed E-state index contributed by atoms with van der Waals surface area (Å²) in [6, 6.07) is 14.1. The number of aryl methyl sites for hydroxylation is 1. The van der Waals surface area contributed by atoms with Crippen molar-refractivity contribution in [3.05, 3.63) is 58.9 Å². The van der Waals surface area contributed by atoms with Crippen molar-refractivity contribution in [2.75, 3.05) is 13.1 Å². The fraction of sp³-hybridized carbons (Fsp3) is 0.391. The number of thiazole rings is 1. The smallest absolute Gasteiger partial charge is 0.279 e. The summed E-state index contributed by atoms with van der Waals surface area (Å²) in [5.41, 5.74) is 1.44. The van der Waals surface area contributed by atoms with Crippen molar-refractivity contribution in [1.82, 2.24) is 8.87 Å². The van der Waals surface area contributed by atoms with Crippen LogP contribution in [0.5, 0.6) is 0 Å². The molecule has 0 spiro atoms. The van der Waals surface area contributed by atoms with Crippen LogP contribution in [0.1, 0.15) is 50.4 Å². The molecule has 0 atom stereocenters. The van der Waals surface area contributed by atoms with Crippen LogP contribution >= 0.6 is 11.3 Å². The highest BCUT2D eigenvalue weighted by Gasteiger charge is 2.22. The zero-order chi connectivity index (χ0) is 22.4. The van der Waals surface area contributed by atoms with E-state index in [9.17, 15) is 13.2 Å². The van der Waals surface area contributed by atoms with E-state index in [0.29, 0.717) is 23.5 Å². The highest BCUT2D eigenvalue weighted by atomic mass is 32.2. The molecule has 1 amide bonds. The van der Waals surface area contributed by atoms with Gasteiger partial charge in [-0.15, -0.1) is 0 Å². The van der Waals surface area contributed by atoms with E-state index in [0.717, 1.165) is 36.0 Å². The van der Waals surface area contributed by atoms with E-state index in [4.69, 9.17) is 0 Å². The number of aromatic nitrogens is 1. The normalized spacial score (nSPS) is 12.7. The summed E-state index contributed by atoms with van der Waals surface area (Å²) in [5.74, 6) is -0.376. The first-order chi connectivity index (χ1) is 14.9. The molecule has 8 heteroatoms. The molecule has 3 aromatic rings. The maximum Gasteiger partial charge on any atom is 0.279 e. The van der Waals surface area contributed by atoms with Crippen LogP contribution in [0.25, 0.3) is 10.2 Å². The lowest BCUT2D eigenvalue weighted by Crippen LogP contribution is -2.31. The Balaban J connectivity index is 1.91. The van der Waals surface area contributed by atoms with Crippen LogP contribution in [0.3, 0.4) is 0 Å². The van der Waals surface area contributed by atoms with E-state index < -0.39 is 10.0 Å². The van der Waals surface area contributed by atoms with Crippen molar-refractivity contribution in [2.24, 2.45) is 4.99 Å². The van der Waals surface area contributed by atoms with Gasteiger partial charge in [0.2, 0.25) is 10.0 Å². The molecule has 1 aromatic heterocycles. The van der Waals surface area contributed by atoms with E-state index >= 15 is 0 Å². The van der Waals surface area contributed by atoms with Gasteiger partial charge < -0.3 is 4.57 Å². The molecular weight excluding hydrogens is 430 g/mol. The van der Waals surface area contributed by atoms with Crippen LogP contribution in [0, 0.1) is 0 Å². The fourth-order valence-electron chi connectivity index (χ4n) is 3.40. The third kappa shape index (κ3) is 5.14. The first-order valence-corrected chi connectivity index (χ1v) is 13.0. The van der Waals surface area contributed by atoms with Crippen LogP contribution in [-0.2, 0) is 16.6 Å². The average molecular weight is 460 g/mol. The molecule has 0 N–H and O–H groups in total. The van der Waals surface area contributed by atoms with Crippen LogP contribution in [0.2, 0.25) is 0 Å². The number of para-hydroxylation sites is 1. The quantitative estimate of drug-likeness (QED) is 0.467. The minimum atomic E-state index is -3.57. The molecule has 1 heterocycles. The molecule has 6 nitrogen and oxygen atoms in total. The SMILES string of the molecule is CCCCN(CC)S(=O)(=O)c1ccc(C(=O)N=c2sc3ccccc3n2CCC)cc1. The second kappa shape index (κ2) is 10.3. The van der Waals surface area contributed by atoms with E-state index in [-0.39, 0.29) is 10.8 Å². The highest BCUT2D eigenvalue weighted by Crippen LogP contribution is 2.19. The third-order valence-electron chi connectivity index (χ3n) is 5.09. The number of sulfonamides is 1. The number of fused-ring (bicyclic) bond motifs is 1. The molecule has 0 saturated heterocycles. The zero-order valence-corrected chi connectivity index (χ0v) is 19.9. The monoisotopic (exact) mass is 459 g/mol. The Bertz CT molecular complexity index is 1210. The number of amides is 1. The van der Waals surface area contributed by atoms with Gasteiger partial charge in [0.25, 0.3) is 5.91 Å². The Hall–Kier alpha value is -2.29. The summed E-state index contributed by atoms with van der Waals surface area (Å²) >= 11 is 1.48. The maximum absolute atomic E-state index is 12.9. The lowest BCUT2D eigenvalue weighted by Gasteiger charge is -2.20. The molecule has 0 radical (unpaired) electrons. The minimum absolute atomic E-state index is 0.199. The topological polar surface area (TPSA) is 71.7 Å². The zero-order valence-electron chi connectivity index (χ0n) is 18.2. The van der Waals surface area contributed by atoms with Gasteiger partial charge in [0.1, 0.15) is 0 Å². The summed E-state index contributed by atoms with van der Waals surface area (Å²) in [6.07, 6.45) is 2.67. The van der Waals surface area contributed by atoms with Crippen molar-refractivity contribution >= 4 is 37.5 Å². The van der Waals surface area contributed by atoms with Gasteiger partial charge in [-0.1, -0.05) is 50.7 Å². The summed E-state index contributed by atoms with van der Waals surface area (Å²) in [4.78, 5) is 18.0.